The molecule has 2 amide bonds. The van der Waals surface area contributed by atoms with Crippen molar-refractivity contribution in [2.75, 3.05) is 19.7 Å². The fourth-order valence-electron chi connectivity index (χ4n) is 3.35. The largest absolute Gasteiger partial charge is 0.376 e. The first-order chi connectivity index (χ1) is 10.1. The molecule has 2 rings (SSSR count). The average molecular weight is 296 g/mol. The Balaban J connectivity index is 1.93. The van der Waals surface area contributed by atoms with Crippen LogP contribution in [0.5, 0.6) is 0 Å². The van der Waals surface area contributed by atoms with Crippen LogP contribution >= 0.6 is 0 Å². The minimum atomic E-state index is -0.721. The number of rotatable bonds is 6. The Labute approximate surface area is 127 Å². The van der Waals surface area contributed by atoms with E-state index in [0.29, 0.717) is 45.1 Å². The first-order valence-electron chi connectivity index (χ1n) is 8.33. The summed E-state index contributed by atoms with van der Waals surface area (Å²) in [7, 11) is 0. The maximum atomic E-state index is 12.8. The summed E-state index contributed by atoms with van der Waals surface area (Å²) >= 11 is 0. The van der Waals surface area contributed by atoms with Crippen molar-refractivity contribution in [1.82, 2.24) is 10.2 Å². The van der Waals surface area contributed by atoms with Crippen LogP contribution in [-0.2, 0) is 14.3 Å². The second-order valence-corrected chi connectivity index (χ2v) is 6.16. The molecule has 1 aliphatic carbocycles. The van der Waals surface area contributed by atoms with Gasteiger partial charge in [-0.15, -0.1) is 0 Å². The highest BCUT2D eigenvalue weighted by molar-refractivity contribution is 5.93. The molecule has 1 N–H and O–H groups in total. The molecular weight excluding hydrogens is 268 g/mol. The van der Waals surface area contributed by atoms with E-state index in [9.17, 15) is 9.59 Å². The molecule has 0 aromatic carbocycles. The molecule has 0 bridgehead atoms. The van der Waals surface area contributed by atoms with Gasteiger partial charge in [0.05, 0.1) is 12.7 Å². The van der Waals surface area contributed by atoms with Crippen LogP contribution in [0.2, 0.25) is 0 Å². The van der Waals surface area contributed by atoms with Crippen molar-refractivity contribution in [1.29, 1.82) is 0 Å². The molecule has 5 nitrogen and oxygen atoms in total. The standard InChI is InChI=1S/C16H28N2O3/c1-3-16(4-2)15(20)18(10-9-14(19)17-16)11-12-21-13-7-5-6-8-13/h13H,3-12H2,1-2H3,(H,17,19). The summed E-state index contributed by atoms with van der Waals surface area (Å²) in [6.07, 6.45) is 6.80. The normalized spacial score (nSPS) is 23.2. The van der Waals surface area contributed by atoms with Crippen molar-refractivity contribution in [3.63, 3.8) is 0 Å². The second-order valence-electron chi connectivity index (χ2n) is 6.16. The maximum Gasteiger partial charge on any atom is 0.248 e. The van der Waals surface area contributed by atoms with Gasteiger partial charge in [-0.25, -0.2) is 0 Å². The Hall–Kier alpha value is -1.10. The van der Waals surface area contributed by atoms with Crippen LogP contribution in [0.15, 0.2) is 0 Å². The lowest BCUT2D eigenvalue weighted by atomic mass is 9.91. The quantitative estimate of drug-likeness (QED) is 0.814. The van der Waals surface area contributed by atoms with Crippen molar-refractivity contribution >= 4 is 11.8 Å². The average Bonchev–Trinajstić information content (AvgIpc) is 2.97. The molecule has 120 valence electrons. The fourth-order valence-corrected chi connectivity index (χ4v) is 3.35. The van der Waals surface area contributed by atoms with Crippen molar-refractivity contribution in [3.05, 3.63) is 0 Å². The zero-order valence-corrected chi connectivity index (χ0v) is 13.3. The van der Waals surface area contributed by atoms with Crippen LogP contribution < -0.4 is 5.32 Å². The molecule has 1 saturated carbocycles. The fraction of sp³-hybridized carbons (Fsp3) is 0.875. The summed E-state index contributed by atoms with van der Waals surface area (Å²) in [5.74, 6) is 0.0274. The first-order valence-corrected chi connectivity index (χ1v) is 8.33. The summed E-state index contributed by atoms with van der Waals surface area (Å²) in [4.78, 5) is 26.4. The zero-order valence-electron chi connectivity index (χ0n) is 13.3. The van der Waals surface area contributed by atoms with Crippen molar-refractivity contribution < 1.29 is 14.3 Å². The number of nitrogens with zero attached hydrogens (tertiary/aromatic N) is 1. The van der Waals surface area contributed by atoms with Gasteiger partial charge in [0.2, 0.25) is 11.8 Å². The molecule has 1 saturated heterocycles. The number of carbonyl (C=O) groups is 2. The summed E-state index contributed by atoms with van der Waals surface area (Å²) in [5, 5.41) is 2.93. The highest BCUT2D eigenvalue weighted by atomic mass is 16.5. The zero-order chi connectivity index (χ0) is 15.3. The molecule has 0 aromatic rings. The van der Waals surface area contributed by atoms with Crippen LogP contribution in [0.1, 0.15) is 58.8 Å². The van der Waals surface area contributed by atoms with E-state index in [2.05, 4.69) is 5.32 Å². The van der Waals surface area contributed by atoms with Gasteiger partial charge < -0.3 is 15.0 Å². The van der Waals surface area contributed by atoms with Gasteiger partial charge >= 0.3 is 0 Å². The molecule has 1 heterocycles. The third kappa shape index (κ3) is 3.76. The SMILES string of the molecule is CCC1(CC)NC(=O)CCN(CCOC2CCCC2)C1=O. The summed E-state index contributed by atoms with van der Waals surface area (Å²) in [5.41, 5.74) is -0.721. The minimum Gasteiger partial charge on any atom is -0.376 e. The number of ether oxygens (including phenoxy) is 1. The minimum absolute atomic E-state index is 0.0220. The summed E-state index contributed by atoms with van der Waals surface area (Å²) in [6, 6.07) is 0. The Morgan fingerprint density at radius 3 is 2.52 bits per heavy atom. The highest BCUT2D eigenvalue weighted by Crippen LogP contribution is 2.23. The van der Waals surface area contributed by atoms with E-state index in [1.807, 2.05) is 13.8 Å². The van der Waals surface area contributed by atoms with E-state index >= 15 is 0 Å². The first kappa shape index (κ1) is 16.3. The number of carbonyl (C=O) groups excluding carboxylic acids is 2. The van der Waals surface area contributed by atoms with E-state index in [1.54, 1.807) is 4.90 Å². The summed E-state index contributed by atoms with van der Waals surface area (Å²) in [6.45, 7) is 5.58. The molecule has 0 radical (unpaired) electrons. The number of amides is 2. The lowest BCUT2D eigenvalue weighted by Gasteiger charge is -2.33. The van der Waals surface area contributed by atoms with Gasteiger partial charge in [0, 0.05) is 19.5 Å². The van der Waals surface area contributed by atoms with E-state index in [1.165, 1.54) is 12.8 Å². The van der Waals surface area contributed by atoms with Crippen molar-refractivity contribution in [2.45, 2.75) is 70.4 Å². The summed E-state index contributed by atoms with van der Waals surface area (Å²) < 4.78 is 5.86. The molecule has 1 aliphatic heterocycles. The number of hydrogen-bond acceptors (Lipinski definition) is 3. The van der Waals surface area contributed by atoms with E-state index in [4.69, 9.17) is 4.74 Å². The lowest BCUT2D eigenvalue weighted by molar-refractivity contribution is -0.140. The smallest absolute Gasteiger partial charge is 0.248 e. The molecule has 0 atom stereocenters. The maximum absolute atomic E-state index is 12.8. The Morgan fingerprint density at radius 2 is 1.90 bits per heavy atom. The topological polar surface area (TPSA) is 58.6 Å². The molecule has 21 heavy (non-hydrogen) atoms. The van der Waals surface area contributed by atoms with Crippen LogP contribution in [0.25, 0.3) is 0 Å². The molecule has 0 spiro atoms. The third-order valence-corrected chi connectivity index (χ3v) is 4.91. The highest BCUT2D eigenvalue weighted by Gasteiger charge is 2.41. The Kier molecular flexibility index (Phi) is 5.62. The van der Waals surface area contributed by atoms with Gasteiger partial charge in [-0.3, -0.25) is 9.59 Å². The Morgan fingerprint density at radius 1 is 1.24 bits per heavy atom. The molecule has 5 heteroatoms. The van der Waals surface area contributed by atoms with E-state index in [-0.39, 0.29) is 11.8 Å². The van der Waals surface area contributed by atoms with Crippen LogP contribution in [0.4, 0.5) is 0 Å². The van der Waals surface area contributed by atoms with Crippen LogP contribution in [0, 0.1) is 0 Å². The van der Waals surface area contributed by atoms with Crippen molar-refractivity contribution in [3.8, 4) is 0 Å². The van der Waals surface area contributed by atoms with Gasteiger partial charge in [-0.1, -0.05) is 26.7 Å². The van der Waals surface area contributed by atoms with Crippen molar-refractivity contribution in [2.24, 2.45) is 0 Å². The number of hydrogen-bond donors (Lipinski definition) is 1. The molecule has 0 aromatic heterocycles. The lowest BCUT2D eigenvalue weighted by Crippen LogP contribution is -2.56. The molecular formula is C16H28N2O3. The Bertz CT molecular complexity index is 374. The third-order valence-electron chi connectivity index (χ3n) is 4.91. The van der Waals surface area contributed by atoms with Crippen LogP contribution in [0.3, 0.4) is 0 Å². The van der Waals surface area contributed by atoms with Gasteiger partial charge in [0.1, 0.15) is 5.54 Å². The predicted octanol–water partition coefficient (Wildman–Crippen LogP) is 1.85. The predicted molar refractivity (Wildman–Crippen MR) is 80.9 cm³/mol. The van der Waals surface area contributed by atoms with Crippen LogP contribution in [-0.4, -0.2) is 48.1 Å². The number of nitrogens with one attached hydrogen (secondary N) is 1. The van der Waals surface area contributed by atoms with Gasteiger partial charge in [0.15, 0.2) is 0 Å². The molecule has 2 aliphatic rings. The van der Waals surface area contributed by atoms with Gasteiger partial charge in [-0.2, -0.15) is 0 Å². The second kappa shape index (κ2) is 7.25. The van der Waals surface area contributed by atoms with Gasteiger partial charge in [-0.05, 0) is 25.7 Å². The van der Waals surface area contributed by atoms with E-state index in [0.717, 1.165) is 12.8 Å². The molecule has 2 fully saturated rings. The monoisotopic (exact) mass is 296 g/mol. The van der Waals surface area contributed by atoms with E-state index < -0.39 is 5.54 Å². The molecule has 0 unspecified atom stereocenters. The van der Waals surface area contributed by atoms with Gasteiger partial charge in [0.25, 0.3) is 0 Å².